The van der Waals surface area contributed by atoms with Crippen molar-refractivity contribution >= 4 is 51.1 Å². The van der Waals surface area contributed by atoms with Gasteiger partial charge in [-0.15, -0.1) is 0 Å². The smallest absolute Gasteiger partial charge is 0.328 e. The molecular formula is C28H33N7O9S. The zero-order valence-corrected chi connectivity index (χ0v) is 25.1. The van der Waals surface area contributed by atoms with E-state index < -0.39 is 57.2 Å². The number of benzene rings is 2. The highest BCUT2D eigenvalue weighted by Crippen LogP contribution is 2.34. The number of nitrogens with one attached hydrogen (secondary N) is 5. The van der Waals surface area contributed by atoms with E-state index in [-0.39, 0.29) is 28.8 Å². The number of methoxy groups -OCH3 is 2. The number of H-pyrrole nitrogens is 1. The summed E-state index contributed by atoms with van der Waals surface area (Å²) >= 11 is 0. The van der Waals surface area contributed by atoms with Crippen LogP contribution in [0, 0.1) is 5.92 Å². The number of hydrogen-bond acceptors (Lipinski definition) is 13. The van der Waals surface area contributed by atoms with E-state index in [0.29, 0.717) is 24.6 Å². The largest absolute Gasteiger partial charge is 0.469 e. The number of nitrogen functional groups attached to an aromatic ring is 1. The topological polar surface area (TPSA) is 244 Å². The minimum Gasteiger partial charge on any atom is -0.469 e. The van der Waals surface area contributed by atoms with Gasteiger partial charge in [0.1, 0.15) is 17.0 Å². The second-order valence-electron chi connectivity index (χ2n) is 10.1. The van der Waals surface area contributed by atoms with Crippen LogP contribution in [0.4, 0.5) is 23.1 Å². The van der Waals surface area contributed by atoms with Crippen molar-refractivity contribution in [2.75, 3.05) is 49.0 Å². The number of hydrogen-bond donors (Lipinski definition) is 7. The van der Waals surface area contributed by atoms with Gasteiger partial charge in [0.25, 0.3) is 21.6 Å². The highest BCUT2D eigenvalue weighted by molar-refractivity contribution is 7.86. The van der Waals surface area contributed by atoms with Crippen LogP contribution in [0.15, 0.2) is 59.4 Å². The zero-order valence-electron chi connectivity index (χ0n) is 24.3. The summed E-state index contributed by atoms with van der Waals surface area (Å²) in [6, 6.07) is 12.1. The maximum Gasteiger partial charge on any atom is 0.328 e. The molecule has 1 amide bonds. The molecule has 2 unspecified atom stereocenters. The lowest BCUT2D eigenvalue weighted by molar-refractivity contribution is -0.148. The predicted octanol–water partition coefficient (Wildman–Crippen LogP) is 0.750. The fourth-order valence-electron chi connectivity index (χ4n) is 4.93. The van der Waals surface area contributed by atoms with E-state index in [9.17, 15) is 32.1 Å². The summed E-state index contributed by atoms with van der Waals surface area (Å²) in [4.78, 5) is 57.2. The van der Waals surface area contributed by atoms with Crippen molar-refractivity contribution in [2.24, 2.45) is 5.92 Å². The van der Waals surface area contributed by atoms with Crippen LogP contribution in [0.5, 0.6) is 0 Å². The van der Waals surface area contributed by atoms with Gasteiger partial charge >= 0.3 is 11.9 Å². The number of amides is 1. The van der Waals surface area contributed by atoms with Gasteiger partial charge in [-0.3, -0.25) is 23.9 Å². The first-order valence-electron chi connectivity index (χ1n) is 13.6. The molecular weight excluding hydrogens is 610 g/mol. The van der Waals surface area contributed by atoms with E-state index in [0.717, 1.165) is 14.2 Å². The first kappa shape index (κ1) is 32.7. The van der Waals surface area contributed by atoms with Crippen molar-refractivity contribution in [3.8, 4) is 0 Å². The Labute approximate surface area is 257 Å². The van der Waals surface area contributed by atoms with E-state index in [4.69, 9.17) is 15.2 Å². The van der Waals surface area contributed by atoms with Crippen molar-refractivity contribution in [1.29, 1.82) is 0 Å². The highest BCUT2D eigenvalue weighted by atomic mass is 32.2. The first-order valence-corrected chi connectivity index (χ1v) is 15.1. The molecule has 0 saturated carbocycles. The number of nitrogens with zero attached hydrogens (tertiary/aromatic N) is 1. The van der Waals surface area contributed by atoms with E-state index in [1.165, 1.54) is 36.4 Å². The maximum atomic E-state index is 13.1. The molecule has 1 aliphatic rings. The molecule has 4 atom stereocenters. The lowest BCUT2D eigenvalue weighted by Crippen LogP contribution is -2.45. The Balaban J connectivity index is 1.45. The Morgan fingerprint density at radius 1 is 1.07 bits per heavy atom. The Morgan fingerprint density at radius 2 is 1.73 bits per heavy atom. The average Bonchev–Trinajstić information content (AvgIpc) is 3.02. The average molecular weight is 644 g/mol. The molecule has 0 saturated heterocycles. The van der Waals surface area contributed by atoms with Crippen LogP contribution < -0.4 is 32.6 Å². The number of aromatic nitrogens is 2. The van der Waals surface area contributed by atoms with Gasteiger partial charge in [0.2, 0.25) is 5.95 Å². The van der Waals surface area contributed by atoms with Gasteiger partial charge in [0.15, 0.2) is 5.82 Å². The number of carbonyl (C=O) groups excluding carboxylic acids is 3. The Bertz CT molecular complexity index is 1700. The number of anilines is 4. The maximum absolute atomic E-state index is 13.1. The third-order valence-electron chi connectivity index (χ3n) is 7.10. The van der Waals surface area contributed by atoms with Gasteiger partial charge in [0.05, 0.1) is 26.2 Å². The molecule has 0 bridgehead atoms. The minimum absolute atomic E-state index is 0.00410. The van der Waals surface area contributed by atoms with Crippen LogP contribution in [-0.4, -0.2) is 80.2 Å². The molecule has 3 aromatic rings. The summed E-state index contributed by atoms with van der Waals surface area (Å²) in [7, 11) is -2.76. The standard InChI is InChI=1S/C28H33N7O9S/c1-43-26(38)19(22(45(40,41)42)15-6-4-3-5-7-15)12-20(27(39)44-2)33-24(36)16-8-10-17(11-9-16)30-13-18-14-31-23-21(32-18)25(37)35-28(29)34-23/h3-11,18-20,22,30,32H,12-14H2,1-2H3,(H,33,36)(H,40,41,42)(H4,29,31,34,35,37)/t18-,19?,20?,22+/m0/s1. The molecule has 1 aliphatic heterocycles. The number of esters is 2. The molecule has 17 heteroatoms. The number of aromatic amines is 1. The van der Waals surface area contributed by atoms with Gasteiger partial charge in [-0.05, 0) is 36.2 Å². The molecule has 16 nitrogen and oxygen atoms in total. The normalized spacial score (nSPS) is 16.0. The van der Waals surface area contributed by atoms with Crippen LogP contribution in [0.3, 0.4) is 0 Å². The number of carbonyl (C=O) groups is 3. The molecule has 0 spiro atoms. The van der Waals surface area contributed by atoms with Gasteiger partial charge in [-0.1, -0.05) is 30.3 Å². The summed E-state index contributed by atoms with van der Waals surface area (Å²) in [5, 5.41) is 10.1. The summed E-state index contributed by atoms with van der Waals surface area (Å²) in [6.07, 6.45) is -0.555. The van der Waals surface area contributed by atoms with Crippen molar-refractivity contribution < 1.29 is 36.8 Å². The molecule has 0 aliphatic carbocycles. The minimum atomic E-state index is -4.87. The van der Waals surface area contributed by atoms with E-state index in [2.05, 4.69) is 31.2 Å². The summed E-state index contributed by atoms with van der Waals surface area (Å²) in [5.41, 5.74) is 6.34. The lowest BCUT2D eigenvalue weighted by atomic mass is 9.91. The quantitative estimate of drug-likeness (QED) is 0.106. The third kappa shape index (κ3) is 8.07. The Morgan fingerprint density at radius 3 is 2.36 bits per heavy atom. The van der Waals surface area contributed by atoms with Gasteiger partial charge in [-0.2, -0.15) is 13.4 Å². The summed E-state index contributed by atoms with van der Waals surface area (Å²) in [5.74, 6) is -3.88. The van der Waals surface area contributed by atoms with Crippen molar-refractivity contribution in [3.05, 3.63) is 76.1 Å². The molecule has 2 heterocycles. The van der Waals surface area contributed by atoms with Gasteiger partial charge in [-0.25, -0.2) is 4.79 Å². The van der Waals surface area contributed by atoms with Crippen molar-refractivity contribution in [2.45, 2.75) is 23.8 Å². The third-order valence-corrected chi connectivity index (χ3v) is 8.34. The molecule has 2 aromatic carbocycles. The van der Waals surface area contributed by atoms with E-state index in [1.807, 2.05) is 0 Å². The van der Waals surface area contributed by atoms with Crippen LogP contribution >= 0.6 is 0 Å². The fourth-order valence-corrected chi connectivity index (χ4v) is 6.07. The number of rotatable bonds is 12. The SMILES string of the molecule is COC(=O)C(CC(C(=O)OC)[C@@H](c1ccccc1)S(=O)(=O)O)NC(=O)c1ccc(NC[C@H]2CNc3nc(N)[nH]c(=O)c3N2)cc1. The number of fused-ring (bicyclic) bond motifs is 1. The highest BCUT2D eigenvalue weighted by Gasteiger charge is 2.42. The zero-order chi connectivity index (χ0) is 32.7. The van der Waals surface area contributed by atoms with Gasteiger partial charge < -0.3 is 36.5 Å². The molecule has 4 rings (SSSR count). The molecule has 45 heavy (non-hydrogen) atoms. The van der Waals surface area contributed by atoms with Crippen molar-refractivity contribution in [3.63, 3.8) is 0 Å². The number of ether oxygens (including phenoxy) is 2. The lowest BCUT2D eigenvalue weighted by Gasteiger charge is -2.27. The number of nitrogens with two attached hydrogens (primary N) is 1. The molecule has 0 radical (unpaired) electrons. The van der Waals surface area contributed by atoms with E-state index >= 15 is 0 Å². The summed E-state index contributed by atoms with van der Waals surface area (Å²) in [6.45, 7) is 0.859. The van der Waals surface area contributed by atoms with Gasteiger partial charge in [0, 0.05) is 24.3 Å². The molecule has 1 aromatic heterocycles. The van der Waals surface area contributed by atoms with Crippen LogP contribution in [-0.2, 0) is 29.2 Å². The van der Waals surface area contributed by atoms with Crippen LogP contribution in [0.1, 0.15) is 27.6 Å². The fraction of sp³-hybridized carbons (Fsp3) is 0.321. The Hall–Kier alpha value is -5.16. The monoisotopic (exact) mass is 643 g/mol. The van der Waals surface area contributed by atoms with Crippen LogP contribution in [0.25, 0.3) is 0 Å². The molecule has 0 fully saturated rings. The van der Waals surface area contributed by atoms with E-state index in [1.54, 1.807) is 18.2 Å². The molecule has 8 N–H and O–H groups in total. The van der Waals surface area contributed by atoms with Crippen molar-refractivity contribution in [1.82, 2.24) is 15.3 Å². The predicted molar refractivity (Wildman–Crippen MR) is 164 cm³/mol. The molecule has 240 valence electrons. The first-order chi connectivity index (χ1) is 21.4. The summed E-state index contributed by atoms with van der Waals surface area (Å²) < 4.78 is 44.5. The second-order valence-corrected chi connectivity index (χ2v) is 11.7. The van der Waals surface area contributed by atoms with Crippen LogP contribution in [0.2, 0.25) is 0 Å². The second kappa shape index (κ2) is 14.1. The Kier molecular flexibility index (Phi) is 10.2.